The lowest BCUT2D eigenvalue weighted by Gasteiger charge is -2.15. The maximum absolute atomic E-state index is 12.7. The summed E-state index contributed by atoms with van der Waals surface area (Å²) in [7, 11) is 7.01. The molecule has 0 spiro atoms. The molecule has 0 fully saturated rings. The minimum atomic E-state index is -0.503. The Morgan fingerprint density at radius 2 is 2.04 bits per heavy atom. The molecule has 2 amide bonds. The van der Waals surface area contributed by atoms with Crippen molar-refractivity contribution in [1.82, 2.24) is 24.6 Å². The van der Waals surface area contributed by atoms with Gasteiger partial charge in [0.15, 0.2) is 0 Å². The first kappa shape index (κ1) is 18.7. The van der Waals surface area contributed by atoms with E-state index in [0.29, 0.717) is 5.69 Å². The van der Waals surface area contributed by atoms with Crippen LogP contribution in [0.4, 0.5) is 5.69 Å². The van der Waals surface area contributed by atoms with Gasteiger partial charge in [0.1, 0.15) is 12.6 Å². The Labute approximate surface area is 157 Å². The molecule has 8 nitrogen and oxygen atoms in total. The van der Waals surface area contributed by atoms with Crippen LogP contribution in [0, 0.1) is 0 Å². The first-order valence-electron chi connectivity index (χ1n) is 8.64. The second-order valence-corrected chi connectivity index (χ2v) is 6.66. The third kappa shape index (κ3) is 4.01. The lowest BCUT2D eigenvalue weighted by molar-refractivity contribution is -0.129. The Kier molecular flexibility index (Phi) is 5.27. The fourth-order valence-corrected chi connectivity index (χ4v) is 2.94. The molecule has 3 rings (SSSR count). The monoisotopic (exact) mass is 368 g/mol. The van der Waals surface area contributed by atoms with Gasteiger partial charge < -0.3 is 20.1 Å². The molecule has 142 valence electrons. The zero-order valence-electron chi connectivity index (χ0n) is 15.9. The molecular weight excluding hydrogens is 344 g/mol. The van der Waals surface area contributed by atoms with E-state index >= 15 is 0 Å². The van der Waals surface area contributed by atoms with Crippen LogP contribution in [-0.2, 0) is 23.2 Å². The van der Waals surface area contributed by atoms with Gasteiger partial charge in [0.2, 0.25) is 11.8 Å². The van der Waals surface area contributed by atoms with Crippen LogP contribution in [0.15, 0.2) is 42.9 Å². The van der Waals surface area contributed by atoms with Crippen molar-refractivity contribution in [3.05, 3.63) is 48.4 Å². The smallest absolute Gasteiger partial charge is 0.246 e. The minimum Gasteiger partial charge on any atom is -0.347 e. The van der Waals surface area contributed by atoms with E-state index in [2.05, 4.69) is 15.7 Å². The molecule has 1 aromatic carbocycles. The summed E-state index contributed by atoms with van der Waals surface area (Å²) < 4.78 is 3.54. The highest BCUT2D eigenvalue weighted by molar-refractivity contribution is 5.97. The van der Waals surface area contributed by atoms with E-state index in [4.69, 9.17) is 0 Å². The van der Waals surface area contributed by atoms with E-state index in [0.717, 1.165) is 16.5 Å². The molecule has 0 radical (unpaired) electrons. The fraction of sp³-hybridized carbons (Fsp3) is 0.316. The number of nitrogens with one attached hydrogen (secondary N) is 2. The van der Waals surface area contributed by atoms with Crippen LogP contribution in [0.25, 0.3) is 10.9 Å². The number of benzene rings is 1. The number of hydrogen-bond donors (Lipinski definition) is 2. The van der Waals surface area contributed by atoms with E-state index in [1.807, 2.05) is 48.3 Å². The van der Waals surface area contributed by atoms with Gasteiger partial charge in [0, 0.05) is 44.8 Å². The van der Waals surface area contributed by atoms with Crippen molar-refractivity contribution < 1.29 is 9.59 Å². The standard InChI is InChI=1S/C19H24N6O2/c1-20-18(14-10-21-24(4)11-14)19(27)22-15-6-5-13-7-8-25(16(13)9-15)12-17(26)23(2)3/h5-11,18,20H,12H2,1-4H3,(H,22,27). The molecule has 2 aromatic heterocycles. The van der Waals surface area contributed by atoms with Crippen molar-refractivity contribution in [2.75, 3.05) is 26.5 Å². The quantitative estimate of drug-likeness (QED) is 0.688. The van der Waals surface area contributed by atoms with Gasteiger partial charge in [-0.2, -0.15) is 5.10 Å². The minimum absolute atomic E-state index is 0.00811. The summed E-state index contributed by atoms with van der Waals surface area (Å²) in [5.74, 6) is -0.166. The van der Waals surface area contributed by atoms with E-state index < -0.39 is 6.04 Å². The SMILES string of the molecule is CNC(C(=O)Nc1ccc2ccn(CC(=O)N(C)C)c2c1)c1cnn(C)c1. The summed E-state index contributed by atoms with van der Waals surface area (Å²) in [6.07, 6.45) is 5.35. The van der Waals surface area contributed by atoms with Crippen molar-refractivity contribution in [1.29, 1.82) is 0 Å². The Morgan fingerprint density at radius 3 is 2.67 bits per heavy atom. The van der Waals surface area contributed by atoms with E-state index in [-0.39, 0.29) is 18.4 Å². The summed E-state index contributed by atoms with van der Waals surface area (Å²) in [6, 6.07) is 7.12. The van der Waals surface area contributed by atoms with Crippen LogP contribution in [0.5, 0.6) is 0 Å². The summed E-state index contributed by atoms with van der Waals surface area (Å²) in [6.45, 7) is 0.253. The van der Waals surface area contributed by atoms with E-state index in [9.17, 15) is 9.59 Å². The maximum Gasteiger partial charge on any atom is 0.246 e. The second kappa shape index (κ2) is 7.63. The number of aryl methyl sites for hydroxylation is 1. The molecule has 27 heavy (non-hydrogen) atoms. The number of nitrogens with zero attached hydrogens (tertiary/aromatic N) is 4. The number of hydrogen-bond acceptors (Lipinski definition) is 4. The predicted octanol–water partition coefficient (Wildman–Crippen LogP) is 1.36. The van der Waals surface area contributed by atoms with Crippen LogP contribution in [-0.4, -0.2) is 52.2 Å². The molecule has 1 unspecified atom stereocenters. The zero-order valence-corrected chi connectivity index (χ0v) is 15.9. The number of rotatable bonds is 6. The molecule has 0 aliphatic heterocycles. The van der Waals surface area contributed by atoms with Crippen molar-refractivity contribution in [3.8, 4) is 0 Å². The predicted molar refractivity (Wildman–Crippen MR) is 104 cm³/mol. The van der Waals surface area contributed by atoms with Crippen molar-refractivity contribution in [2.24, 2.45) is 7.05 Å². The Balaban J connectivity index is 1.82. The van der Waals surface area contributed by atoms with E-state index in [1.165, 1.54) is 0 Å². The molecule has 0 aliphatic carbocycles. The summed E-state index contributed by atoms with van der Waals surface area (Å²) >= 11 is 0. The van der Waals surface area contributed by atoms with Crippen LogP contribution in [0.3, 0.4) is 0 Å². The average molecular weight is 368 g/mol. The molecular formula is C19H24N6O2. The number of anilines is 1. The molecule has 0 bridgehead atoms. The summed E-state index contributed by atoms with van der Waals surface area (Å²) in [4.78, 5) is 26.3. The van der Waals surface area contributed by atoms with Gasteiger partial charge >= 0.3 is 0 Å². The van der Waals surface area contributed by atoms with E-state index in [1.54, 1.807) is 36.9 Å². The first-order valence-corrected chi connectivity index (χ1v) is 8.64. The summed E-state index contributed by atoms with van der Waals surface area (Å²) in [5.41, 5.74) is 2.36. The lowest BCUT2D eigenvalue weighted by atomic mass is 10.1. The molecule has 3 aromatic rings. The molecule has 0 saturated carbocycles. The second-order valence-electron chi connectivity index (χ2n) is 6.66. The van der Waals surface area contributed by atoms with Gasteiger partial charge in [-0.1, -0.05) is 6.07 Å². The molecule has 1 atom stereocenters. The number of likely N-dealkylation sites (N-methyl/N-ethyl adjacent to an activating group) is 2. The highest BCUT2D eigenvalue weighted by atomic mass is 16.2. The topological polar surface area (TPSA) is 84.2 Å². The van der Waals surface area contributed by atoms with Crippen LogP contribution in [0.1, 0.15) is 11.6 Å². The van der Waals surface area contributed by atoms with Crippen LogP contribution in [0.2, 0.25) is 0 Å². The van der Waals surface area contributed by atoms with Gasteiger partial charge in [0.05, 0.1) is 11.7 Å². The Bertz CT molecular complexity index is 972. The highest BCUT2D eigenvalue weighted by Gasteiger charge is 2.20. The van der Waals surface area contributed by atoms with Crippen LogP contribution >= 0.6 is 0 Å². The third-order valence-corrected chi connectivity index (χ3v) is 4.45. The number of fused-ring (bicyclic) bond motifs is 1. The number of amides is 2. The normalized spacial score (nSPS) is 12.1. The number of carbonyl (C=O) groups is 2. The maximum atomic E-state index is 12.7. The Morgan fingerprint density at radius 1 is 1.26 bits per heavy atom. The van der Waals surface area contributed by atoms with Crippen LogP contribution < -0.4 is 10.6 Å². The van der Waals surface area contributed by atoms with Gasteiger partial charge in [-0.3, -0.25) is 14.3 Å². The van der Waals surface area contributed by atoms with Gasteiger partial charge in [0.25, 0.3) is 0 Å². The van der Waals surface area contributed by atoms with Crippen molar-refractivity contribution in [3.63, 3.8) is 0 Å². The lowest BCUT2D eigenvalue weighted by Crippen LogP contribution is -2.30. The van der Waals surface area contributed by atoms with Gasteiger partial charge in [-0.25, -0.2) is 0 Å². The first-order chi connectivity index (χ1) is 12.9. The van der Waals surface area contributed by atoms with Gasteiger partial charge in [-0.15, -0.1) is 0 Å². The molecule has 2 N–H and O–H groups in total. The zero-order chi connectivity index (χ0) is 19.6. The highest BCUT2D eigenvalue weighted by Crippen LogP contribution is 2.22. The molecule has 0 aliphatic rings. The third-order valence-electron chi connectivity index (χ3n) is 4.45. The molecule has 8 heteroatoms. The fourth-order valence-electron chi connectivity index (χ4n) is 2.94. The van der Waals surface area contributed by atoms with Crippen molar-refractivity contribution >= 4 is 28.4 Å². The Hall–Kier alpha value is -3.13. The number of aromatic nitrogens is 3. The number of carbonyl (C=O) groups excluding carboxylic acids is 2. The average Bonchev–Trinajstić information content (AvgIpc) is 3.22. The molecule has 0 saturated heterocycles. The van der Waals surface area contributed by atoms with Gasteiger partial charge in [-0.05, 0) is 30.6 Å². The van der Waals surface area contributed by atoms with Crippen molar-refractivity contribution in [2.45, 2.75) is 12.6 Å². The molecule has 2 heterocycles. The summed E-state index contributed by atoms with van der Waals surface area (Å²) in [5, 5.41) is 11.1. The largest absolute Gasteiger partial charge is 0.347 e.